The van der Waals surface area contributed by atoms with Crippen molar-refractivity contribution in [1.82, 2.24) is 0 Å². The standard InChI is InChI=1S/C35H73O5P/c1-4-7-8-9-10-11-12-13-14-15-16-17-18-19-20-21-22-23-24-25-26-27-28-29-30-31-34(36)33(5-2)35(37)32-41(38,39,40)6-3/h33,35,37-40H,4-32H2,1-3H3. The van der Waals surface area contributed by atoms with Crippen molar-refractivity contribution < 1.29 is 24.6 Å². The molecule has 0 saturated carbocycles. The summed E-state index contributed by atoms with van der Waals surface area (Å²) in [4.78, 5) is 42.3. The van der Waals surface area contributed by atoms with E-state index in [1.807, 2.05) is 6.92 Å². The van der Waals surface area contributed by atoms with E-state index >= 15 is 0 Å². The maximum absolute atomic E-state index is 12.5. The molecule has 0 aromatic rings. The molecule has 0 amide bonds. The summed E-state index contributed by atoms with van der Waals surface area (Å²) < 4.78 is 0. The molecule has 0 bridgehead atoms. The Morgan fingerprint density at radius 1 is 0.512 bits per heavy atom. The number of carbonyl (C=O) groups excluding carboxylic acids is 1. The van der Waals surface area contributed by atoms with Crippen molar-refractivity contribution in [1.29, 1.82) is 0 Å². The molecule has 248 valence electrons. The van der Waals surface area contributed by atoms with Gasteiger partial charge in [0.05, 0.1) is 0 Å². The zero-order chi connectivity index (χ0) is 30.7. The van der Waals surface area contributed by atoms with E-state index < -0.39 is 25.5 Å². The minimum absolute atomic E-state index is 0.0304. The summed E-state index contributed by atoms with van der Waals surface area (Å²) >= 11 is 0. The molecule has 4 N–H and O–H groups in total. The van der Waals surface area contributed by atoms with Crippen LogP contribution in [0.5, 0.6) is 0 Å². The average molecular weight is 605 g/mol. The number of Topliss-reactive ketones (excluding diaryl/α,β-unsaturated/α-hetero) is 1. The van der Waals surface area contributed by atoms with Crippen molar-refractivity contribution in [3.63, 3.8) is 0 Å². The molecule has 2 atom stereocenters. The molecule has 6 heteroatoms. The fourth-order valence-corrected chi connectivity index (χ4v) is 7.26. The first-order valence-corrected chi connectivity index (χ1v) is 20.6. The van der Waals surface area contributed by atoms with Crippen LogP contribution in [0.25, 0.3) is 0 Å². The second-order valence-corrected chi connectivity index (χ2v) is 16.8. The summed E-state index contributed by atoms with van der Waals surface area (Å²) in [6.45, 7) is 5.59. The number of rotatable bonds is 32. The molecular weight excluding hydrogens is 531 g/mol. The average Bonchev–Trinajstić information content (AvgIpc) is 2.93. The Hall–Kier alpha value is -0.0600. The van der Waals surface area contributed by atoms with Gasteiger partial charge in [0.15, 0.2) is 0 Å². The Morgan fingerprint density at radius 3 is 1.07 bits per heavy atom. The summed E-state index contributed by atoms with van der Waals surface area (Å²) in [5, 5.41) is 10.3. The first kappa shape index (κ1) is 40.9. The van der Waals surface area contributed by atoms with Crippen LogP contribution in [0.3, 0.4) is 0 Å². The van der Waals surface area contributed by atoms with Crippen LogP contribution in [-0.2, 0) is 4.79 Å². The van der Waals surface area contributed by atoms with Crippen LogP contribution in [0.2, 0.25) is 0 Å². The third-order valence-electron chi connectivity index (χ3n) is 9.05. The molecule has 0 rings (SSSR count). The molecule has 0 fully saturated rings. The predicted octanol–water partition coefficient (Wildman–Crippen LogP) is 10.4. The van der Waals surface area contributed by atoms with Crippen LogP contribution in [0.1, 0.15) is 194 Å². The molecule has 0 radical (unpaired) electrons. The number of carbonyl (C=O) groups is 1. The predicted molar refractivity (Wildman–Crippen MR) is 179 cm³/mol. The number of ketones is 1. The van der Waals surface area contributed by atoms with E-state index in [1.165, 1.54) is 148 Å². The maximum atomic E-state index is 12.5. The fourth-order valence-electron chi connectivity index (χ4n) is 5.98. The first-order valence-electron chi connectivity index (χ1n) is 18.1. The van der Waals surface area contributed by atoms with Gasteiger partial charge in [-0.05, 0) is 0 Å². The SMILES string of the molecule is CCCCCCCCCCCCCCCCCCCCCCCCCCCC(=O)C(CC)C(O)CP(O)(O)(O)CC. The molecule has 0 aliphatic carbocycles. The molecular formula is C35H73O5P. The van der Waals surface area contributed by atoms with Gasteiger partial charge in [0.1, 0.15) is 0 Å². The van der Waals surface area contributed by atoms with Crippen molar-refractivity contribution in [3.05, 3.63) is 0 Å². The molecule has 0 aliphatic heterocycles. The van der Waals surface area contributed by atoms with E-state index in [2.05, 4.69) is 6.92 Å². The third-order valence-corrected chi connectivity index (χ3v) is 11.5. The van der Waals surface area contributed by atoms with Crippen LogP contribution in [-0.4, -0.2) is 44.0 Å². The molecule has 41 heavy (non-hydrogen) atoms. The summed E-state index contributed by atoms with van der Waals surface area (Å²) in [7, 11) is -4.82. The van der Waals surface area contributed by atoms with E-state index in [1.54, 1.807) is 0 Å². The van der Waals surface area contributed by atoms with Gasteiger partial charge in [-0.1, -0.05) is 122 Å². The number of aliphatic hydroxyl groups excluding tert-OH is 1. The van der Waals surface area contributed by atoms with Crippen molar-refractivity contribution in [2.24, 2.45) is 5.92 Å². The van der Waals surface area contributed by atoms with Crippen molar-refractivity contribution in [2.45, 2.75) is 200 Å². The second-order valence-electron chi connectivity index (χ2n) is 13.1. The quantitative estimate of drug-likeness (QED) is 0.0452. The zero-order valence-corrected chi connectivity index (χ0v) is 28.7. The van der Waals surface area contributed by atoms with E-state index in [9.17, 15) is 24.6 Å². The summed E-state index contributed by atoms with van der Waals surface area (Å²) in [6.07, 6.45) is 32.7. The second kappa shape index (κ2) is 26.4. The van der Waals surface area contributed by atoms with Crippen LogP contribution < -0.4 is 0 Å². The van der Waals surface area contributed by atoms with Gasteiger partial charge < -0.3 is 0 Å². The zero-order valence-electron chi connectivity index (χ0n) is 27.8. The molecule has 0 aromatic heterocycles. The Morgan fingerprint density at radius 2 is 0.805 bits per heavy atom. The van der Waals surface area contributed by atoms with Gasteiger partial charge in [-0.3, -0.25) is 0 Å². The summed E-state index contributed by atoms with van der Waals surface area (Å²) in [5.74, 6) is -0.666. The number of hydrogen-bond acceptors (Lipinski definition) is 5. The van der Waals surface area contributed by atoms with Crippen LogP contribution in [0, 0.1) is 5.92 Å². The number of aliphatic hydroxyl groups is 1. The third kappa shape index (κ3) is 26.1. The van der Waals surface area contributed by atoms with E-state index in [0.29, 0.717) is 12.8 Å². The van der Waals surface area contributed by atoms with Crippen LogP contribution in [0.15, 0.2) is 0 Å². The van der Waals surface area contributed by atoms with Crippen molar-refractivity contribution >= 4 is 13.1 Å². The Balaban J connectivity index is 3.44. The van der Waals surface area contributed by atoms with E-state index in [-0.39, 0.29) is 11.9 Å². The Kier molecular flexibility index (Phi) is 26.3. The fraction of sp³-hybridized carbons (Fsp3) is 0.971. The molecule has 0 heterocycles. The van der Waals surface area contributed by atoms with Gasteiger partial charge >= 0.3 is 134 Å². The molecule has 5 nitrogen and oxygen atoms in total. The van der Waals surface area contributed by atoms with Crippen LogP contribution >= 0.6 is 7.28 Å². The van der Waals surface area contributed by atoms with E-state index in [0.717, 1.165) is 19.3 Å². The van der Waals surface area contributed by atoms with E-state index in [4.69, 9.17) is 0 Å². The molecule has 0 saturated heterocycles. The summed E-state index contributed by atoms with van der Waals surface area (Å²) in [5.41, 5.74) is 0. The molecule has 2 unspecified atom stereocenters. The van der Waals surface area contributed by atoms with Crippen molar-refractivity contribution in [3.8, 4) is 0 Å². The van der Waals surface area contributed by atoms with Gasteiger partial charge in [-0.25, -0.2) is 0 Å². The van der Waals surface area contributed by atoms with Gasteiger partial charge in [0.25, 0.3) is 0 Å². The normalized spacial score (nSPS) is 14.6. The van der Waals surface area contributed by atoms with Gasteiger partial charge in [0.2, 0.25) is 0 Å². The number of unbranched alkanes of at least 4 members (excludes halogenated alkanes) is 24. The monoisotopic (exact) mass is 605 g/mol. The number of hydrogen-bond donors (Lipinski definition) is 4. The first-order chi connectivity index (χ1) is 19.6. The van der Waals surface area contributed by atoms with Crippen LogP contribution in [0.4, 0.5) is 0 Å². The minimum atomic E-state index is -4.82. The van der Waals surface area contributed by atoms with Gasteiger partial charge in [0, 0.05) is 0 Å². The molecule has 0 aliphatic rings. The molecule has 0 spiro atoms. The molecule has 0 aromatic carbocycles. The topological polar surface area (TPSA) is 98.0 Å². The summed E-state index contributed by atoms with van der Waals surface area (Å²) in [6, 6.07) is 0. The Bertz CT molecular complexity index is 589. The van der Waals surface area contributed by atoms with Crippen molar-refractivity contribution in [2.75, 3.05) is 12.3 Å². The van der Waals surface area contributed by atoms with Gasteiger partial charge in [-0.15, -0.1) is 0 Å². The van der Waals surface area contributed by atoms with Gasteiger partial charge in [-0.2, -0.15) is 0 Å². The Labute approximate surface area is 255 Å².